The molecule has 1 unspecified atom stereocenters. The number of carbonyl (C=O) groups is 1. The Labute approximate surface area is 191 Å². The zero-order chi connectivity index (χ0) is 24.6. The van der Waals surface area contributed by atoms with Crippen LogP contribution in [-0.2, 0) is 24.4 Å². The van der Waals surface area contributed by atoms with Gasteiger partial charge in [0.15, 0.2) is 0 Å². The van der Waals surface area contributed by atoms with Gasteiger partial charge >= 0.3 is 6.18 Å². The Morgan fingerprint density at radius 1 is 1.21 bits per heavy atom. The van der Waals surface area contributed by atoms with E-state index in [1.54, 1.807) is 50.0 Å². The van der Waals surface area contributed by atoms with E-state index in [1.165, 1.54) is 12.1 Å². The molecule has 4 rings (SSSR count). The third kappa shape index (κ3) is 4.61. The SMILES string of the molecule is Cc1nc2nc(C(F)(F)F)nn2c(C)c1CCC(=O)NC(c1cccc(F)c1)c1nccn1C. The van der Waals surface area contributed by atoms with Gasteiger partial charge in [-0.2, -0.15) is 18.2 Å². The first kappa shape index (κ1) is 23.3. The molecular weight excluding hydrogens is 454 g/mol. The summed E-state index contributed by atoms with van der Waals surface area (Å²) in [5.74, 6) is -1.69. The van der Waals surface area contributed by atoms with Gasteiger partial charge in [-0.05, 0) is 43.5 Å². The molecule has 12 heteroatoms. The highest BCUT2D eigenvalue weighted by atomic mass is 19.4. The number of aromatic nitrogens is 6. The van der Waals surface area contributed by atoms with Crippen LogP contribution in [0.15, 0.2) is 36.7 Å². The molecule has 0 aliphatic heterocycles. The van der Waals surface area contributed by atoms with E-state index in [0.29, 0.717) is 28.3 Å². The maximum atomic E-state index is 13.8. The number of benzene rings is 1. The fourth-order valence-electron chi connectivity index (χ4n) is 3.80. The minimum atomic E-state index is -4.69. The van der Waals surface area contributed by atoms with Crippen molar-refractivity contribution in [1.82, 2.24) is 34.4 Å². The summed E-state index contributed by atoms with van der Waals surface area (Å²) in [6, 6.07) is 5.19. The molecule has 0 spiro atoms. The Morgan fingerprint density at radius 2 is 1.97 bits per heavy atom. The summed E-state index contributed by atoms with van der Waals surface area (Å²) in [4.78, 5) is 24.7. The highest BCUT2D eigenvalue weighted by Gasteiger charge is 2.37. The Morgan fingerprint density at radius 3 is 2.62 bits per heavy atom. The number of nitrogens with zero attached hydrogens (tertiary/aromatic N) is 6. The summed E-state index contributed by atoms with van der Waals surface area (Å²) in [5, 5.41) is 6.40. The number of rotatable bonds is 6. The molecule has 8 nitrogen and oxygen atoms in total. The molecule has 4 aromatic rings. The molecule has 0 bridgehead atoms. The summed E-state index contributed by atoms with van der Waals surface area (Å²) in [7, 11) is 1.77. The second kappa shape index (κ2) is 8.84. The van der Waals surface area contributed by atoms with Crippen LogP contribution in [0, 0.1) is 19.7 Å². The third-order valence-electron chi connectivity index (χ3n) is 5.51. The predicted molar refractivity (Wildman–Crippen MR) is 113 cm³/mol. The van der Waals surface area contributed by atoms with Gasteiger partial charge in [-0.15, -0.1) is 5.10 Å². The molecular formula is C22H21F4N7O. The molecule has 1 atom stereocenters. The molecule has 0 saturated heterocycles. The molecule has 1 N–H and O–H groups in total. The Kier molecular flexibility index (Phi) is 6.07. The number of nitrogens with one attached hydrogen (secondary N) is 1. The average Bonchev–Trinajstić information content (AvgIpc) is 3.38. The van der Waals surface area contributed by atoms with Crippen molar-refractivity contribution < 1.29 is 22.4 Å². The van der Waals surface area contributed by atoms with Crippen molar-refractivity contribution in [3.8, 4) is 0 Å². The van der Waals surface area contributed by atoms with Gasteiger partial charge in [-0.25, -0.2) is 18.9 Å². The van der Waals surface area contributed by atoms with Crippen LogP contribution in [0.5, 0.6) is 0 Å². The molecule has 178 valence electrons. The first-order valence-electron chi connectivity index (χ1n) is 10.4. The highest BCUT2D eigenvalue weighted by Crippen LogP contribution is 2.27. The summed E-state index contributed by atoms with van der Waals surface area (Å²) in [5.41, 5.74) is 2.01. The van der Waals surface area contributed by atoms with Crippen LogP contribution in [-0.4, -0.2) is 35.0 Å². The van der Waals surface area contributed by atoms with Crippen molar-refractivity contribution in [3.63, 3.8) is 0 Å². The van der Waals surface area contributed by atoms with Gasteiger partial charge in [0.25, 0.3) is 11.6 Å². The zero-order valence-electron chi connectivity index (χ0n) is 18.6. The summed E-state index contributed by atoms with van der Waals surface area (Å²) < 4.78 is 55.6. The van der Waals surface area contributed by atoms with Gasteiger partial charge in [0, 0.05) is 37.3 Å². The van der Waals surface area contributed by atoms with Crippen LogP contribution in [0.25, 0.3) is 5.78 Å². The molecule has 3 heterocycles. The van der Waals surface area contributed by atoms with Crippen molar-refractivity contribution in [1.29, 1.82) is 0 Å². The lowest BCUT2D eigenvalue weighted by molar-refractivity contribution is -0.144. The van der Waals surface area contributed by atoms with Crippen LogP contribution in [0.3, 0.4) is 0 Å². The molecule has 3 aromatic heterocycles. The molecule has 0 fully saturated rings. The number of carbonyl (C=O) groups excluding carboxylic acids is 1. The number of hydrogen-bond donors (Lipinski definition) is 1. The monoisotopic (exact) mass is 475 g/mol. The Bertz CT molecular complexity index is 1360. The minimum absolute atomic E-state index is 0.0198. The van der Waals surface area contributed by atoms with E-state index in [9.17, 15) is 22.4 Å². The Hall–Kier alpha value is -3.83. The van der Waals surface area contributed by atoms with Crippen molar-refractivity contribution in [2.75, 3.05) is 0 Å². The summed E-state index contributed by atoms with van der Waals surface area (Å²) in [6.45, 7) is 3.25. The van der Waals surface area contributed by atoms with Gasteiger partial charge in [0.05, 0.1) is 0 Å². The van der Waals surface area contributed by atoms with Gasteiger partial charge in [0.2, 0.25) is 5.91 Å². The predicted octanol–water partition coefficient (Wildman–Crippen LogP) is 3.47. The summed E-state index contributed by atoms with van der Waals surface area (Å²) >= 11 is 0. The molecule has 34 heavy (non-hydrogen) atoms. The van der Waals surface area contributed by atoms with E-state index < -0.39 is 23.9 Å². The molecule has 0 aliphatic rings. The maximum Gasteiger partial charge on any atom is 0.453 e. The fourth-order valence-corrected chi connectivity index (χ4v) is 3.80. The number of imidazole rings is 1. The van der Waals surface area contributed by atoms with Crippen molar-refractivity contribution >= 4 is 11.7 Å². The highest BCUT2D eigenvalue weighted by molar-refractivity contribution is 5.77. The van der Waals surface area contributed by atoms with Crippen molar-refractivity contribution in [2.24, 2.45) is 7.05 Å². The lowest BCUT2D eigenvalue weighted by Crippen LogP contribution is -2.31. The summed E-state index contributed by atoms with van der Waals surface area (Å²) in [6.07, 6.45) is -1.16. The number of aryl methyl sites for hydroxylation is 3. The second-order valence-electron chi connectivity index (χ2n) is 7.86. The quantitative estimate of drug-likeness (QED) is 0.432. The van der Waals surface area contributed by atoms with Crippen molar-refractivity contribution in [3.05, 3.63) is 76.6 Å². The minimum Gasteiger partial charge on any atom is -0.342 e. The van der Waals surface area contributed by atoms with Gasteiger partial charge < -0.3 is 9.88 Å². The van der Waals surface area contributed by atoms with E-state index in [4.69, 9.17) is 0 Å². The normalized spacial score (nSPS) is 12.8. The lowest BCUT2D eigenvalue weighted by atomic mass is 10.0. The van der Waals surface area contributed by atoms with Crippen LogP contribution in [0.1, 0.15) is 46.6 Å². The zero-order valence-corrected chi connectivity index (χ0v) is 18.6. The first-order valence-corrected chi connectivity index (χ1v) is 10.4. The fraction of sp³-hybridized carbons (Fsp3) is 0.318. The third-order valence-corrected chi connectivity index (χ3v) is 5.51. The van der Waals surface area contributed by atoms with E-state index in [2.05, 4.69) is 25.4 Å². The van der Waals surface area contributed by atoms with Crippen molar-refractivity contribution in [2.45, 2.75) is 38.9 Å². The number of alkyl halides is 3. The Balaban J connectivity index is 1.56. The average molecular weight is 475 g/mol. The standard InChI is InChI=1S/C22H21F4N7O/c1-12-16(13(2)33-21(28-12)30-20(31-33)22(24,25)26)7-8-17(34)29-18(19-27-9-10-32(19)3)14-5-4-6-15(23)11-14/h4-6,9-11,18H,7-8H2,1-3H3,(H,29,34). The molecule has 0 radical (unpaired) electrons. The van der Waals surface area contributed by atoms with Crippen LogP contribution in [0.4, 0.5) is 17.6 Å². The first-order chi connectivity index (χ1) is 16.0. The number of hydrogen-bond acceptors (Lipinski definition) is 5. The smallest absolute Gasteiger partial charge is 0.342 e. The lowest BCUT2D eigenvalue weighted by Gasteiger charge is -2.19. The molecule has 0 aliphatic carbocycles. The van der Waals surface area contributed by atoms with Gasteiger partial charge in [-0.1, -0.05) is 12.1 Å². The topological polar surface area (TPSA) is 90.0 Å². The van der Waals surface area contributed by atoms with E-state index >= 15 is 0 Å². The van der Waals surface area contributed by atoms with E-state index in [1.807, 2.05) is 0 Å². The van der Waals surface area contributed by atoms with Crippen LogP contribution < -0.4 is 5.32 Å². The largest absolute Gasteiger partial charge is 0.453 e. The number of fused-ring (bicyclic) bond motifs is 1. The molecule has 1 aromatic carbocycles. The number of amides is 1. The molecule has 1 amide bonds. The van der Waals surface area contributed by atoms with Gasteiger partial charge in [0.1, 0.15) is 17.7 Å². The van der Waals surface area contributed by atoms with E-state index in [-0.39, 0.29) is 24.5 Å². The number of halogens is 4. The second-order valence-corrected chi connectivity index (χ2v) is 7.86. The maximum absolute atomic E-state index is 13.8. The van der Waals surface area contributed by atoms with Crippen LogP contribution in [0.2, 0.25) is 0 Å². The van der Waals surface area contributed by atoms with Crippen LogP contribution >= 0.6 is 0 Å². The van der Waals surface area contributed by atoms with Gasteiger partial charge in [-0.3, -0.25) is 4.79 Å². The molecule has 0 saturated carbocycles. The van der Waals surface area contributed by atoms with E-state index in [0.717, 1.165) is 4.52 Å².